The highest BCUT2D eigenvalue weighted by atomic mass is 16.7. The van der Waals surface area contributed by atoms with Gasteiger partial charge < -0.3 is 19.7 Å². The maximum Gasteiger partial charge on any atom is 0.509 e. The summed E-state index contributed by atoms with van der Waals surface area (Å²) in [4.78, 5) is 36.5. The maximum atomic E-state index is 12.4. The molecule has 4 aliphatic carbocycles. The van der Waals surface area contributed by atoms with Crippen LogP contribution in [0.3, 0.4) is 0 Å². The molecule has 0 aromatic carbocycles. The zero-order valence-corrected chi connectivity index (χ0v) is 17.7. The highest BCUT2D eigenvalue weighted by Crippen LogP contribution is 2.67. The van der Waals surface area contributed by atoms with E-state index in [4.69, 9.17) is 9.47 Å². The molecule has 0 aromatic heterocycles. The molecule has 0 heterocycles. The highest BCUT2D eigenvalue weighted by molar-refractivity contribution is 6.01. The summed E-state index contributed by atoms with van der Waals surface area (Å²) in [5.74, 6) is -1.25. The molecule has 0 saturated heterocycles. The predicted octanol–water partition coefficient (Wildman–Crippen LogP) is 3.26. The van der Waals surface area contributed by atoms with Crippen LogP contribution in [-0.2, 0) is 19.1 Å². The molecule has 30 heavy (non-hydrogen) atoms. The van der Waals surface area contributed by atoms with Crippen molar-refractivity contribution in [2.45, 2.75) is 64.6 Å². The SMILES string of the molecule is CCOC(=O)O[C@@]1(C(=O)O)CCC2C3CCC4=CC(=O)C=CC4(C)C3C(O)CC21C. The van der Waals surface area contributed by atoms with E-state index < -0.39 is 34.7 Å². The van der Waals surface area contributed by atoms with Crippen molar-refractivity contribution in [2.75, 3.05) is 6.61 Å². The molecule has 0 spiro atoms. The fourth-order valence-electron chi connectivity index (χ4n) is 7.17. The number of fused-ring (bicyclic) bond motifs is 5. The van der Waals surface area contributed by atoms with Gasteiger partial charge in [0, 0.05) is 16.7 Å². The van der Waals surface area contributed by atoms with E-state index in [1.807, 2.05) is 13.0 Å². The van der Waals surface area contributed by atoms with Gasteiger partial charge in [0.2, 0.25) is 5.60 Å². The van der Waals surface area contributed by atoms with E-state index in [1.165, 1.54) is 0 Å². The molecule has 0 radical (unpaired) electrons. The number of aliphatic carboxylic acids is 1. The average Bonchev–Trinajstić information content (AvgIpc) is 2.95. The van der Waals surface area contributed by atoms with Gasteiger partial charge in [0.1, 0.15) is 0 Å². The van der Waals surface area contributed by atoms with Crippen LogP contribution in [0.4, 0.5) is 4.79 Å². The Bertz CT molecular complexity index is 844. The Hall–Kier alpha value is -2.15. The first-order valence-corrected chi connectivity index (χ1v) is 10.8. The first kappa shape index (κ1) is 21.1. The second kappa shape index (κ2) is 6.94. The first-order chi connectivity index (χ1) is 14.1. The van der Waals surface area contributed by atoms with E-state index in [-0.39, 0.29) is 43.0 Å². The Balaban J connectivity index is 1.72. The largest absolute Gasteiger partial charge is 0.509 e. The van der Waals surface area contributed by atoms with Crippen LogP contribution in [-0.4, -0.2) is 46.4 Å². The molecule has 4 rings (SSSR count). The van der Waals surface area contributed by atoms with Gasteiger partial charge in [0.25, 0.3) is 0 Å². The fourth-order valence-corrected chi connectivity index (χ4v) is 7.17. The number of ether oxygens (including phenoxy) is 2. The number of aliphatic hydroxyl groups is 1. The Labute approximate surface area is 176 Å². The van der Waals surface area contributed by atoms with Crippen molar-refractivity contribution in [1.29, 1.82) is 0 Å². The summed E-state index contributed by atoms with van der Waals surface area (Å²) in [6.45, 7) is 5.64. The van der Waals surface area contributed by atoms with Crippen LogP contribution in [0.25, 0.3) is 0 Å². The van der Waals surface area contributed by atoms with Crippen molar-refractivity contribution in [3.63, 3.8) is 0 Å². The van der Waals surface area contributed by atoms with Gasteiger partial charge in [0.05, 0.1) is 12.7 Å². The normalized spacial score (nSPS) is 44.4. The van der Waals surface area contributed by atoms with Crippen LogP contribution in [0, 0.1) is 28.6 Å². The van der Waals surface area contributed by atoms with Gasteiger partial charge in [-0.25, -0.2) is 9.59 Å². The molecule has 7 nitrogen and oxygen atoms in total. The molecule has 3 fully saturated rings. The fraction of sp³-hybridized carbons (Fsp3) is 0.696. The number of aliphatic hydroxyl groups excluding tert-OH is 1. The van der Waals surface area contributed by atoms with E-state index in [0.717, 1.165) is 18.4 Å². The summed E-state index contributed by atoms with van der Waals surface area (Å²) in [6.07, 6.45) is 5.98. The van der Waals surface area contributed by atoms with Crippen molar-refractivity contribution >= 4 is 17.9 Å². The van der Waals surface area contributed by atoms with E-state index in [2.05, 4.69) is 6.92 Å². The standard InChI is InChI=1S/C23H30O7/c1-4-29-20(28)30-23(19(26)27)10-8-16-15-6-5-13-11-14(24)7-9-21(13,2)18(15)17(25)12-22(16,23)3/h7,9,11,15-18,25H,4-6,8,10,12H2,1-3H3,(H,26,27)/t15?,16?,17?,18?,21?,22?,23-/m1/s1. The minimum atomic E-state index is -1.72. The molecule has 0 aromatic rings. The van der Waals surface area contributed by atoms with E-state index in [1.54, 1.807) is 19.1 Å². The molecule has 3 saturated carbocycles. The molecule has 0 aliphatic heterocycles. The van der Waals surface area contributed by atoms with E-state index >= 15 is 0 Å². The van der Waals surface area contributed by atoms with Gasteiger partial charge >= 0.3 is 12.1 Å². The Morgan fingerprint density at radius 3 is 2.67 bits per heavy atom. The summed E-state index contributed by atoms with van der Waals surface area (Å²) < 4.78 is 10.4. The lowest BCUT2D eigenvalue weighted by molar-refractivity contribution is -0.196. The molecule has 7 atom stereocenters. The Kier molecular flexibility index (Phi) is 4.88. The molecule has 2 N–H and O–H groups in total. The third kappa shape index (κ3) is 2.70. The molecule has 6 unspecified atom stereocenters. The molecule has 7 heteroatoms. The highest BCUT2D eigenvalue weighted by Gasteiger charge is 2.71. The lowest BCUT2D eigenvalue weighted by Gasteiger charge is -2.59. The van der Waals surface area contributed by atoms with Crippen LogP contribution in [0.1, 0.15) is 52.9 Å². The quantitative estimate of drug-likeness (QED) is 0.677. The monoisotopic (exact) mass is 418 g/mol. The van der Waals surface area contributed by atoms with Crippen LogP contribution < -0.4 is 0 Å². The second-order valence-corrected chi connectivity index (χ2v) is 9.67. The minimum Gasteiger partial charge on any atom is -0.478 e. The molecular formula is C23H30O7. The summed E-state index contributed by atoms with van der Waals surface area (Å²) in [5.41, 5.74) is -2.00. The number of carbonyl (C=O) groups is 3. The number of hydrogen-bond donors (Lipinski definition) is 2. The summed E-state index contributed by atoms with van der Waals surface area (Å²) in [7, 11) is 0. The van der Waals surface area contributed by atoms with Crippen LogP contribution in [0.15, 0.2) is 23.8 Å². The van der Waals surface area contributed by atoms with Gasteiger partial charge in [-0.3, -0.25) is 4.79 Å². The summed E-state index contributed by atoms with van der Waals surface area (Å²) in [6, 6.07) is 0. The van der Waals surface area contributed by atoms with Crippen molar-refractivity contribution in [3.05, 3.63) is 23.8 Å². The van der Waals surface area contributed by atoms with Crippen LogP contribution >= 0.6 is 0 Å². The average molecular weight is 418 g/mol. The molecule has 164 valence electrons. The summed E-state index contributed by atoms with van der Waals surface area (Å²) >= 11 is 0. The molecule has 0 amide bonds. The third-order valence-electron chi connectivity index (χ3n) is 8.48. The lowest BCUT2D eigenvalue weighted by Crippen LogP contribution is -2.62. The molecule has 4 aliphatic rings. The Morgan fingerprint density at radius 2 is 2.00 bits per heavy atom. The zero-order valence-electron chi connectivity index (χ0n) is 17.7. The van der Waals surface area contributed by atoms with Crippen molar-refractivity contribution < 1.29 is 34.1 Å². The first-order valence-electron chi connectivity index (χ1n) is 10.8. The van der Waals surface area contributed by atoms with E-state index in [9.17, 15) is 24.6 Å². The second-order valence-electron chi connectivity index (χ2n) is 9.67. The van der Waals surface area contributed by atoms with Gasteiger partial charge in [-0.05, 0) is 63.0 Å². The van der Waals surface area contributed by atoms with Gasteiger partial charge in [-0.1, -0.05) is 25.5 Å². The van der Waals surface area contributed by atoms with Crippen molar-refractivity contribution in [3.8, 4) is 0 Å². The van der Waals surface area contributed by atoms with Gasteiger partial charge in [-0.2, -0.15) is 0 Å². The lowest BCUT2D eigenvalue weighted by atomic mass is 9.46. The number of carboxylic acids is 1. The number of carboxylic acid groups (broad SMARTS) is 1. The molecule has 0 bridgehead atoms. The van der Waals surface area contributed by atoms with Gasteiger partial charge in [0.15, 0.2) is 5.78 Å². The third-order valence-corrected chi connectivity index (χ3v) is 8.48. The van der Waals surface area contributed by atoms with Crippen molar-refractivity contribution in [2.24, 2.45) is 28.6 Å². The number of rotatable bonds is 3. The van der Waals surface area contributed by atoms with E-state index in [0.29, 0.717) is 6.42 Å². The molecular weight excluding hydrogens is 388 g/mol. The van der Waals surface area contributed by atoms with Crippen LogP contribution in [0.5, 0.6) is 0 Å². The topological polar surface area (TPSA) is 110 Å². The predicted molar refractivity (Wildman–Crippen MR) is 106 cm³/mol. The van der Waals surface area contributed by atoms with Crippen molar-refractivity contribution in [1.82, 2.24) is 0 Å². The van der Waals surface area contributed by atoms with Gasteiger partial charge in [-0.15, -0.1) is 0 Å². The minimum absolute atomic E-state index is 0.0131. The summed E-state index contributed by atoms with van der Waals surface area (Å²) in [5, 5.41) is 21.5. The number of hydrogen-bond acceptors (Lipinski definition) is 6. The number of allylic oxidation sites excluding steroid dienone is 4. The number of ketones is 1. The Morgan fingerprint density at radius 1 is 1.27 bits per heavy atom. The number of carbonyl (C=O) groups excluding carboxylic acids is 2. The smallest absolute Gasteiger partial charge is 0.478 e. The zero-order chi connectivity index (χ0) is 21.9. The maximum absolute atomic E-state index is 12.4. The van der Waals surface area contributed by atoms with Crippen LogP contribution in [0.2, 0.25) is 0 Å².